The summed E-state index contributed by atoms with van der Waals surface area (Å²) in [7, 11) is 1.92. The highest BCUT2D eigenvalue weighted by molar-refractivity contribution is 4.98. The van der Waals surface area contributed by atoms with Crippen molar-refractivity contribution in [2.45, 2.75) is 45.6 Å². The van der Waals surface area contributed by atoms with Crippen LogP contribution < -0.4 is 5.32 Å². The lowest BCUT2D eigenvalue weighted by atomic mass is 9.83. The predicted molar refractivity (Wildman–Crippen MR) is 64.1 cm³/mol. The average Bonchev–Trinajstić information content (AvgIpc) is 3.01. The van der Waals surface area contributed by atoms with Crippen LogP contribution in [0.5, 0.6) is 0 Å². The molecule has 4 nitrogen and oxygen atoms in total. The first-order valence-electron chi connectivity index (χ1n) is 6.20. The van der Waals surface area contributed by atoms with Gasteiger partial charge in [-0.2, -0.15) is 0 Å². The minimum Gasteiger partial charge on any atom is -0.313 e. The lowest BCUT2D eigenvalue weighted by molar-refractivity contribution is 0.286. The Morgan fingerprint density at radius 1 is 1.56 bits per heavy atom. The van der Waals surface area contributed by atoms with Crippen LogP contribution in [-0.4, -0.2) is 27.6 Å². The van der Waals surface area contributed by atoms with Gasteiger partial charge in [-0.05, 0) is 31.1 Å². The highest BCUT2D eigenvalue weighted by atomic mass is 15.4. The summed E-state index contributed by atoms with van der Waals surface area (Å²) in [5.74, 6) is 0. The third kappa shape index (κ3) is 3.04. The number of aryl methyl sites for hydroxylation is 1. The van der Waals surface area contributed by atoms with Gasteiger partial charge in [0.15, 0.2) is 0 Å². The van der Waals surface area contributed by atoms with Crippen molar-refractivity contribution >= 4 is 0 Å². The van der Waals surface area contributed by atoms with E-state index in [0.717, 1.165) is 24.7 Å². The normalized spacial score (nSPS) is 19.7. The largest absolute Gasteiger partial charge is 0.313 e. The summed E-state index contributed by atoms with van der Waals surface area (Å²) < 4.78 is 1.78. The second-order valence-electron chi connectivity index (χ2n) is 5.38. The Bertz CT molecular complexity index is 343. The zero-order chi connectivity index (χ0) is 11.6. The summed E-state index contributed by atoms with van der Waals surface area (Å²) >= 11 is 0. The van der Waals surface area contributed by atoms with Gasteiger partial charge in [0.05, 0.1) is 5.69 Å². The standard InChI is InChI=1S/C12H22N4/c1-4-12(2,9-13-10-5-6-10)7-11-8-16(3)15-14-11/h8,10,13H,4-7,9H2,1-3H3. The number of nitrogens with zero attached hydrogens (tertiary/aromatic N) is 3. The minimum absolute atomic E-state index is 0.304. The van der Waals surface area contributed by atoms with Gasteiger partial charge in [0.2, 0.25) is 0 Å². The van der Waals surface area contributed by atoms with Crippen LogP contribution in [0, 0.1) is 5.41 Å². The molecule has 0 spiro atoms. The van der Waals surface area contributed by atoms with E-state index in [-0.39, 0.29) is 0 Å². The fourth-order valence-electron chi connectivity index (χ4n) is 1.90. The molecular formula is C12H22N4. The summed E-state index contributed by atoms with van der Waals surface area (Å²) in [5.41, 5.74) is 1.41. The van der Waals surface area contributed by atoms with Crippen LogP contribution in [0.2, 0.25) is 0 Å². The van der Waals surface area contributed by atoms with Crippen LogP contribution in [0.1, 0.15) is 38.8 Å². The Morgan fingerprint density at radius 2 is 2.31 bits per heavy atom. The molecule has 1 unspecified atom stereocenters. The molecule has 1 N–H and O–H groups in total. The molecule has 0 amide bonds. The minimum atomic E-state index is 0.304. The molecule has 0 radical (unpaired) electrons. The Hall–Kier alpha value is -0.900. The van der Waals surface area contributed by atoms with Crippen molar-refractivity contribution in [1.82, 2.24) is 20.3 Å². The third-order valence-corrected chi connectivity index (χ3v) is 3.51. The number of hydrogen-bond acceptors (Lipinski definition) is 3. The lowest BCUT2D eigenvalue weighted by Crippen LogP contribution is -2.34. The number of hydrogen-bond donors (Lipinski definition) is 1. The van der Waals surface area contributed by atoms with Crippen molar-refractivity contribution in [2.24, 2.45) is 12.5 Å². The van der Waals surface area contributed by atoms with Gasteiger partial charge in [0.25, 0.3) is 0 Å². The van der Waals surface area contributed by atoms with Gasteiger partial charge in [-0.3, -0.25) is 4.68 Å². The number of nitrogens with one attached hydrogen (secondary N) is 1. The molecule has 16 heavy (non-hydrogen) atoms. The van der Waals surface area contributed by atoms with Crippen LogP contribution in [-0.2, 0) is 13.5 Å². The van der Waals surface area contributed by atoms with E-state index in [4.69, 9.17) is 0 Å². The van der Waals surface area contributed by atoms with Gasteiger partial charge in [-0.1, -0.05) is 19.1 Å². The van der Waals surface area contributed by atoms with E-state index >= 15 is 0 Å². The zero-order valence-corrected chi connectivity index (χ0v) is 10.5. The van der Waals surface area contributed by atoms with Crippen LogP contribution >= 0.6 is 0 Å². The monoisotopic (exact) mass is 222 g/mol. The van der Waals surface area contributed by atoms with E-state index in [1.807, 2.05) is 13.2 Å². The second-order valence-corrected chi connectivity index (χ2v) is 5.38. The molecule has 1 atom stereocenters. The zero-order valence-electron chi connectivity index (χ0n) is 10.5. The molecule has 0 bridgehead atoms. The molecule has 1 aliphatic rings. The first kappa shape index (κ1) is 11.6. The maximum atomic E-state index is 4.18. The van der Waals surface area contributed by atoms with Gasteiger partial charge in [-0.15, -0.1) is 5.10 Å². The Labute approximate surface area is 97.4 Å². The fraction of sp³-hybridized carbons (Fsp3) is 0.833. The summed E-state index contributed by atoms with van der Waals surface area (Å²) in [6, 6.07) is 0.785. The highest BCUT2D eigenvalue weighted by Gasteiger charge is 2.28. The molecule has 1 fully saturated rings. The summed E-state index contributed by atoms with van der Waals surface area (Å²) in [6.07, 6.45) is 6.90. The lowest BCUT2D eigenvalue weighted by Gasteiger charge is -2.27. The van der Waals surface area contributed by atoms with Gasteiger partial charge < -0.3 is 5.32 Å². The molecule has 4 heteroatoms. The first-order valence-corrected chi connectivity index (χ1v) is 6.20. The quantitative estimate of drug-likeness (QED) is 0.793. The maximum absolute atomic E-state index is 4.18. The average molecular weight is 222 g/mol. The summed E-state index contributed by atoms with van der Waals surface area (Å²) in [4.78, 5) is 0. The molecular weight excluding hydrogens is 200 g/mol. The Balaban J connectivity index is 1.91. The van der Waals surface area contributed by atoms with Gasteiger partial charge in [0, 0.05) is 25.8 Å². The van der Waals surface area contributed by atoms with Crippen LogP contribution in [0.3, 0.4) is 0 Å². The Morgan fingerprint density at radius 3 is 2.81 bits per heavy atom. The molecule has 1 heterocycles. The Kier molecular flexibility index (Phi) is 3.28. The van der Waals surface area contributed by atoms with Gasteiger partial charge >= 0.3 is 0 Å². The molecule has 0 aliphatic heterocycles. The van der Waals surface area contributed by atoms with Crippen molar-refractivity contribution < 1.29 is 0 Å². The topological polar surface area (TPSA) is 42.7 Å². The van der Waals surface area contributed by atoms with Crippen LogP contribution in [0.15, 0.2) is 6.20 Å². The van der Waals surface area contributed by atoms with Crippen molar-refractivity contribution in [1.29, 1.82) is 0 Å². The van der Waals surface area contributed by atoms with Crippen molar-refractivity contribution in [3.8, 4) is 0 Å². The number of aromatic nitrogens is 3. The van der Waals surface area contributed by atoms with E-state index in [1.165, 1.54) is 19.3 Å². The maximum Gasteiger partial charge on any atom is 0.0832 e. The van der Waals surface area contributed by atoms with E-state index < -0.39 is 0 Å². The van der Waals surface area contributed by atoms with E-state index in [1.54, 1.807) is 4.68 Å². The molecule has 0 aromatic carbocycles. The molecule has 1 saturated carbocycles. The fourth-order valence-corrected chi connectivity index (χ4v) is 1.90. The van der Waals surface area contributed by atoms with Gasteiger partial charge in [0.1, 0.15) is 0 Å². The summed E-state index contributed by atoms with van der Waals surface area (Å²) in [6.45, 7) is 5.67. The molecule has 1 aromatic rings. The van der Waals surface area contributed by atoms with Crippen LogP contribution in [0.4, 0.5) is 0 Å². The third-order valence-electron chi connectivity index (χ3n) is 3.51. The molecule has 2 rings (SSSR count). The predicted octanol–water partition coefficient (Wildman–Crippen LogP) is 1.53. The molecule has 1 aromatic heterocycles. The van der Waals surface area contributed by atoms with E-state index in [9.17, 15) is 0 Å². The van der Waals surface area contributed by atoms with Crippen molar-refractivity contribution in [3.63, 3.8) is 0 Å². The van der Waals surface area contributed by atoms with Crippen LogP contribution in [0.25, 0.3) is 0 Å². The first-order chi connectivity index (χ1) is 7.61. The molecule has 0 saturated heterocycles. The second kappa shape index (κ2) is 4.53. The smallest absolute Gasteiger partial charge is 0.0832 e. The molecule has 90 valence electrons. The van der Waals surface area contributed by atoms with E-state index in [0.29, 0.717) is 5.41 Å². The summed E-state index contributed by atoms with van der Waals surface area (Å²) in [5, 5.41) is 11.8. The SMILES string of the molecule is CCC(C)(CNC1CC1)Cc1cn(C)nn1. The van der Waals surface area contributed by atoms with Crippen molar-refractivity contribution in [3.05, 3.63) is 11.9 Å². The van der Waals surface area contributed by atoms with Crippen molar-refractivity contribution in [2.75, 3.05) is 6.54 Å². The van der Waals surface area contributed by atoms with Gasteiger partial charge in [-0.25, -0.2) is 0 Å². The molecule has 1 aliphatic carbocycles. The van der Waals surface area contributed by atoms with E-state index in [2.05, 4.69) is 29.5 Å². The highest BCUT2D eigenvalue weighted by Crippen LogP contribution is 2.27. The number of rotatable bonds is 6.